The van der Waals surface area contributed by atoms with Crippen molar-refractivity contribution < 1.29 is 22.9 Å². The maximum absolute atomic E-state index is 12.3. The lowest BCUT2D eigenvalue weighted by Crippen LogP contribution is -2.46. The zero-order valence-corrected chi connectivity index (χ0v) is 25.3. The largest absolute Gasteiger partial charge is 0.387 e. The fourth-order valence-electron chi connectivity index (χ4n) is 3.99. The standard InChI is InChI=1S/C32H55NO5S/c1-3-5-7-9-11-13-14-15-16-17-18-20-22-24-26-28-32(35)33-30(29-39(36,37)38)31(34)27-25-23-21-19-12-10-8-6-4-2/h4,6,11-13,15-16,19,25,27,30-31,34H,3,5,7-10,14,17-18,20-24,26,28-29H2,1-2H3,(H,33,35)(H,36,37,38)/b6-4+,13-11-,16-15-,19-12+,27-25+. The van der Waals surface area contributed by atoms with Crippen LogP contribution in [0.15, 0.2) is 60.8 Å². The van der Waals surface area contributed by atoms with Gasteiger partial charge in [-0.3, -0.25) is 9.35 Å². The maximum Gasteiger partial charge on any atom is 0.267 e. The number of amides is 1. The van der Waals surface area contributed by atoms with Crippen LogP contribution in [0.2, 0.25) is 0 Å². The highest BCUT2D eigenvalue weighted by atomic mass is 32.2. The number of aliphatic hydroxyl groups is 1. The first-order valence-electron chi connectivity index (χ1n) is 15.0. The molecule has 0 aromatic carbocycles. The van der Waals surface area contributed by atoms with Gasteiger partial charge in [-0.15, -0.1) is 0 Å². The van der Waals surface area contributed by atoms with Crippen molar-refractivity contribution in [3.63, 3.8) is 0 Å². The summed E-state index contributed by atoms with van der Waals surface area (Å²) in [7, 11) is -4.35. The molecule has 0 rings (SSSR count). The number of allylic oxidation sites excluding steroid dienone is 9. The first-order valence-corrected chi connectivity index (χ1v) is 16.6. The number of carbonyl (C=O) groups is 1. The minimum atomic E-state index is -4.35. The van der Waals surface area contributed by atoms with Gasteiger partial charge < -0.3 is 10.4 Å². The second-order valence-corrected chi connectivity index (χ2v) is 11.5. The van der Waals surface area contributed by atoms with Crippen molar-refractivity contribution >= 4 is 16.0 Å². The summed E-state index contributed by atoms with van der Waals surface area (Å²) in [5.74, 6) is -1.04. The molecule has 0 aliphatic rings. The molecule has 1 amide bonds. The molecule has 7 heteroatoms. The highest BCUT2D eigenvalue weighted by Crippen LogP contribution is 2.09. The molecule has 0 bridgehead atoms. The minimum Gasteiger partial charge on any atom is -0.387 e. The molecule has 0 spiro atoms. The highest BCUT2D eigenvalue weighted by molar-refractivity contribution is 7.85. The average Bonchev–Trinajstić information content (AvgIpc) is 2.88. The second-order valence-electron chi connectivity index (χ2n) is 10.0. The van der Waals surface area contributed by atoms with Crippen LogP contribution in [0.25, 0.3) is 0 Å². The molecule has 0 saturated carbocycles. The molecule has 0 aliphatic carbocycles. The van der Waals surface area contributed by atoms with E-state index in [4.69, 9.17) is 0 Å². The summed E-state index contributed by atoms with van der Waals surface area (Å²) < 4.78 is 32.1. The Balaban J connectivity index is 4.16. The number of rotatable bonds is 25. The van der Waals surface area contributed by atoms with E-state index < -0.39 is 28.0 Å². The molecule has 0 aromatic rings. The zero-order chi connectivity index (χ0) is 29.0. The van der Waals surface area contributed by atoms with Crippen LogP contribution in [-0.2, 0) is 14.9 Å². The van der Waals surface area contributed by atoms with Crippen LogP contribution in [-0.4, -0.2) is 41.9 Å². The second kappa shape index (κ2) is 26.3. The molecule has 3 N–H and O–H groups in total. The Morgan fingerprint density at radius 1 is 0.744 bits per heavy atom. The fourth-order valence-corrected chi connectivity index (χ4v) is 4.72. The summed E-state index contributed by atoms with van der Waals surface area (Å²) in [6, 6.07) is -1.09. The number of hydrogen-bond acceptors (Lipinski definition) is 4. The molecule has 0 saturated heterocycles. The summed E-state index contributed by atoms with van der Waals surface area (Å²) in [5.41, 5.74) is 0. The van der Waals surface area contributed by atoms with Gasteiger partial charge in [0.2, 0.25) is 5.91 Å². The smallest absolute Gasteiger partial charge is 0.267 e. The predicted molar refractivity (Wildman–Crippen MR) is 165 cm³/mol. The Kier molecular flexibility index (Phi) is 25.0. The van der Waals surface area contributed by atoms with Crippen LogP contribution in [0.4, 0.5) is 0 Å². The van der Waals surface area contributed by atoms with E-state index >= 15 is 0 Å². The van der Waals surface area contributed by atoms with Gasteiger partial charge in [-0.1, -0.05) is 99.8 Å². The van der Waals surface area contributed by atoms with Crippen molar-refractivity contribution in [2.45, 2.75) is 129 Å². The molecule has 0 aliphatic heterocycles. The van der Waals surface area contributed by atoms with E-state index in [1.807, 2.05) is 13.0 Å². The number of nitrogens with one attached hydrogen (secondary N) is 1. The number of aliphatic hydroxyl groups excluding tert-OH is 1. The van der Waals surface area contributed by atoms with Crippen LogP contribution < -0.4 is 5.32 Å². The first-order chi connectivity index (χ1) is 18.8. The van der Waals surface area contributed by atoms with E-state index in [-0.39, 0.29) is 12.3 Å². The molecule has 2 atom stereocenters. The number of hydrogen-bond donors (Lipinski definition) is 3. The Hall–Kier alpha value is -1.96. The van der Waals surface area contributed by atoms with Crippen LogP contribution in [0.5, 0.6) is 0 Å². The molecule has 0 heterocycles. The molecular formula is C32H55NO5S. The summed E-state index contributed by atoms with van der Waals surface area (Å²) in [6.45, 7) is 4.21. The molecule has 0 aromatic heterocycles. The number of unbranched alkanes of at least 4 members (excludes halogenated alkanes) is 10. The van der Waals surface area contributed by atoms with Gasteiger partial charge in [-0.25, -0.2) is 0 Å². The van der Waals surface area contributed by atoms with E-state index in [1.165, 1.54) is 31.8 Å². The van der Waals surface area contributed by atoms with Gasteiger partial charge in [0.05, 0.1) is 17.9 Å². The van der Waals surface area contributed by atoms with Crippen molar-refractivity contribution in [1.82, 2.24) is 5.32 Å². The van der Waals surface area contributed by atoms with Crippen molar-refractivity contribution in [2.24, 2.45) is 0 Å². The molecule has 2 unspecified atom stereocenters. The normalized spacial score (nSPS) is 14.5. The van der Waals surface area contributed by atoms with Crippen molar-refractivity contribution in [2.75, 3.05) is 5.75 Å². The quantitative estimate of drug-likeness (QED) is 0.0596. The van der Waals surface area contributed by atoms with Gasteiger partial charge in [0, 0.05) is 6.42 Å². The van der Waals surface area contributed by atoms with Gasteiger partial charge >= 0.3 is 0 Å². The van der Waals surface area contributed by atoms with Gasteiger partial charge in [0.25, 0.3) is 10.1 Å². The molecule has 0 radical (unpaired) electrons. The van der Waals surface area contributed by atoms with Crippen LogP contribution in [0.3, 0.4) is 0 Å². The minimum absolute atomic E-state index is 0.265. The maximum atomic E-state index is 12.3. The third-order valence-corrected chi connectivity index (χ3v) is 7.02. The van der Waals surface area contributed by atoms with Crippen molar-refractivity contribution in [3.05, 3.63) is 60.8 Å². The third-order valence-electron chi connectivity index (χ3n) is 6.24. The van der Waals surface area contributed by atoms with E-state index in [2.05, 4.69) is 54.8 Å². The SMILES string of the molecule is C/C=C/CC/C=C/CC/C=C/C(O)C(CS(=O)(=O)O)NC(=O)CCCCCCC/C=C\C/C=C\CCCCC. The van der Waals surface area contributed by atoms with Gasteiger partial charge in [0.1, 0.15) is 0 Å². The van der Waals surface area contributed by atoms with E-state index in [9.17, 15) is 22.9 Å². The van der Waals surface area contributed by atoms with E-state index in [0.29, 0.717) is 12.8 Å². The molecule has 6 nitrogen and oxygen atoms in total. The monoisotopic (exact) mass is 565 g/mol. The lowest BCUT2D eigenvalue weighted by Gasteiger charge is -2.21. The lowest BCUT2D eigenvalue weighted by molar-refractivity contribution is -0.122. The van der Waals surface area contributed by atoms with Gasteiger partial charge in [-0.05, 0) is 71.1 Å². The fraction of sp³-hybridized carbons (Fsp3) is 0.656. The Morgan fingerprint density at radius 3 is 1.90 bits per heavy atom. The Bertz CT molecular complexity index is 843. The van der Waals surface area contributed by atoms with E-state index in [0.717, 1.165) is 57.8 Å². The predicted octanol–water partition coefficient (Wildman–Crippen LogP) is 7.78. The Morgan fingerprint density at radius 2 is 1.28 bits per heavy atom. The first kappa shape index (κ1) is 37.0. The highest BCUT2D eigenvalue weighted by Gasteiger charge is 2.24. The molecule has 0 fully saturated rings. The number of carbonyl (C=O) groups excluding carboxylic acids is 1. The summed E-state index contributed by atoms with van der Waals surface area (Å²) in [6.07, 6.45) is 35.1. The molecular weight excluding hydrogens is 510 g/mol. The lowest BCUT2D eigenvalue weighted by atomic mass is 10.1. The topological polar surface area (TPSA) is 104 Å². The van der Waals surface area contributed by atoms with Gasteiger partial charge in [-0.2, -0.15) is 8.42 Å². The molecule has 39 heavy (non-hydrogen) atoms. The van der Waals surface area contributed by atoms with Crippen LogP contribution in [0, 0.1) is 0 Å². The van der Waals surface area contributed by atoms with Crippen molar-refractivity contribution in [3.8, 4) is 0 Å². The zero-order valence-electron chi connectivity index (χ0n) is 24.5. The van der Waals surface area contributed by atoms with E-state index in [1.54, 1.807) is 6.08 Å². The Labute approximate surface area is 239 Å². The summed E-state index contributed by atoms with van der Waals surface area (Å²) >= 11 is 0. The summed E-state index contributed by atoms with van der Waals surface area (Å²) in [4.78, 5) is 12.3. The third kappa shape index (κ3) is 27.4. The van der Waals surface area contributed by atoms with Crippen molar-refractivity contribution in [1.29, 1.82) is 0 Å². The van der Waals surface area contributed by atoms with Gasteiger partial charge in [0.15, 0.2) is 0 Å². The van der Waals surface area contributed by atoms with Crippen LogP contribution in [0.1, 0.15) is 117 Å². The molecule has 224 valence electrons. The van der Waals surface area contributed by atoms with Crippen LogP contribution >= 0.6 is 0 Å². The average molecular weight is 566 g/mol. The summed E-state index contributed by atoms with van der Waals surface area (Å²) in [5, 5.41) is 13.0.